The Hall–Kier alpha value is -1.35. The Kier molecular flexibility index (Phi) is 4.91. The van der Waals surface area contributed by atoms with E-state index in [1.807, 2.05) is 7.05 Å². The normalized spacial score (nSPS) is 11.8. The lowest BCUT2D eigenvalue weighted by Crippen LogP contribution is -2.30. The van der Waals surface area contributed by atoms with Gasteiger partial charge in [-0.15, -0.1) is 0 Å². The first-order valence-corrected chi connectivity index (χ1v) is 6.29. The summed E-state index contributed by atoms with van der Waals surface area (Å²) in [5, 5.41) is 9.06. The highest BCUT2D eigenvalue weighted by Gasteiger charge is 2.26. The SMILES string of the molecule is Cc1cccc(CN(C)CCC(C)(C)C(=O)O)c1. The van der Waals surface area contributed by atoms with Gasteiger partial charge in [-0.05, 0) is 46.3 Å². The summed E-state index contributed by atoms with van der Waals surface area (Å²) in [5.41, 5.74) is 1.87. The fraction of sp³-hybridized carbons (Fsp3) is 0.533. The summed E-state index contributed by atoms with van der Waals surface area (Å²) in [7, 11) is 2.03. The van der Waals surface area contributed by atoms with E-state index in [2.05, 4.69) is 36.1 Å². The van der Waals surface area contributed by atoms with Crippen LogP contribution in [0.5, 0.6) is 0 Å². The Morgan fingerprint density at radius 2 is 2.06 bits per heavy atom. The summed E-state index contributed by atoms with van der Waals surface area (Å²) in [5.74, 6) is -0.730. The molecule has 3 heteroatoms. The van der Waals surface area contributed by atoms with Crippen LogP contribution in [-0.4, -0.2) is 29.6 Å². The maximum Gasteiger partial charge on any atom is 0.309 e. The smallest absolute Gasteiger partial charge is 0.309 e. The molecule has 1 aromatic rings. The van der Waals surface area contributed by atoms with Gasteiger partial charge in [-0.3, -0.25) is 4.79 Å². The first-order valence-electron chi connectivity index (χ1n) is 6.29. The molecule has 1 rings (SSSR count). The molecule has 0 fully saturated rings. The Morgan fingerprint density at radius 1 is 1.39 bits per heavy atom. The zero-order valence-corrected chi connectivity index (χ0v) is 11.7. The second-order valence-corrected chi connectivity index (χ2v) is 5.67. The van der Waals surface area contributed by atoms with Crippen LogP contribution in [0.15, 0.2) is 24.3 Å². The zero-order valence-electron chi connectivity index (χ0n) is 11.7. The Balaban J connectivity index is 2.47. The average Bonchev–Trinajstić information content (AvgIpc) is 2.26. The number of hydrogen-bond acceptors (Lipinski definition) is 2. The van der Waals surface area contributed by atoms with Gasteiger partial charge in [-0.25, -0.2) is 0 Å². The first kappa shape index (κ1) is 14.7. The molecular weight excluding hydrogens is 226 g/mol. The number of aliphatic carboxylic acids is 1. The molecule has 0 spiro atoms. The molecule has 0 aliphatic heterocycles. The molecule has 0 aliphatic carbocycles. The van der Waals surface area contributed by atoms with Gasteiger partial charge in [0, 0.05) is 6.54 Å². The Morgan fingerprint density at radius 3 is 2.61 bits per heavy atom. The number of nitrogens with zero attached hydrogens (tertiary/aromatic N) is 1. The van der Waals surface area contributed by atoms with E-state index >= 15 is 0 Å². The van der Waals surface area contributed by atoms with Gasteiger partial charge in [0.1, 0.15) is 0 Å². The van der Waals surface area contributed by atoms with Gasteiger partial charge in [0.25, 0.3) is 0 Å². The van der Waals surface area contributed by atoms with Crippen molar-refractivity contribution < 1.29 is 9.90 Å². The highest BCUT2D eigenvalue weighted by molar-refractivity contribution is 5.73. The summed E-state index contributed by atoms with van der Waals surface area (Å²) in [6.45, 7) is 7.27. The van der Waals surface area contributed by atoms with Crippen LogP contribution in [0.25, 0.3) is 0 Å². The number of benzene rings is 1. The van der Waals surface area contributed by atoms with Gasteiger partial charge in [0.05, 0.1) is 5.41 Å². The van der Waals surface area contributed by atoms with Crippen molar-refractivity contribution in [3.05, 3.63) is 35.4 Å². The summed E-state index contributed by atoms with van der Waals surface area (Å²) in [6, 6.07) is 8.40. The minimum Gasteiger partial charge on any atom is -0.481 e. The third-order valence-electron chi connectivity index (χ3n) is 3.23. The molecule has 0 bridgehead atoms. The van der Waals surface area contributed by atoms with E-state index in [1.54, 1.807) is 13.8 Å². The fourth-order valence-electron chi connectivity index (χ4n) is 1.78. The summed E-state index contributed by atoms with van der Waals surface area (Å²) < 4.78 is 0. The number of rotatable bonds is 6. The van der Waals surface area contributed by atoms with E-state index in [0.717, 1.165) is 13.1 Å². The van der Waals surface area contributed by atoms with Gasteiger partial charge >= 0.3 is 5.97 Å². The van der Waals surface area contributed by atoms with E-state index in [4.69, 9.17) is 5.11 Å². The molecule has 0 heterocycles. The minimum atomic E-state index is -0.730. The lowest BCUT2D eigenvalue weighted by molar-refractivity contribution is -0.147. The summed E-state index contributed by atoms with van der Waals surface area (Å²) >= 11 is 0. The standard InChI is InChI=1S/C15H23NO2/c1-12-6-5-7-13(10-12)11-16(4)9-8-15(2,3)14(17)18/h5-7,10H,8-9,11H2,1-4H3,(H,17,18). The Labute approximate surface area is 109 Å². The number of carboxylic acids is 1. The average molecular weight is 249 g/mol. The quantitative estimate of drug-likeness (QED) is 0.842. The van der Waals surface area contributed by atoms with E-state index in [0.29, 0.717) is 6.42 Å². The first-order chi connectivity index (χ1) is 8.31. The van der Waals surface area contributed by atoms with Crippen LogP contribution in [0.4, 0.5) is 0 Å². The maximum absolute atomic E-state index is 11.0. The van der Waals surface area contributed by atoms with Crippen molar-refractivity contribution >= 4 is 5.97 Å². The molecule has 3 nitrogen and oxygen atoms in total. The van der Waals surface area contributed by atoms with Gasteiger partial charge in [-0.1, -0.05) is 29.8 Å². The Bertz CT molecular complexity index is 413. The number of carboxylic acid groups (broad SMARTS) is 1. The second kappa shape index (κ2) is 6.01. The van der Waals surface area contributed by atoms with E-state index in [1.165, 1.54) is 11.1 Å². The third-order valence-corrected chi connectivity index (χ3v) is 3.23. The molecule has 1 N–H and O–H groups in total. The molecule has 100 valence electrons. The molecule has 0 atom stereocenters. The predicted octanol–water partition coefficient (Wildman–Crippen LogP) is 2.93. The van der Waals surface area contributed by atoms with Crippen LogP contribution < -0.4 is 0 Å². The van der Waals surface area contributed by atoms with Crippen LogP contribution in [0, 0.1) is 12.3 Å². The second-order valence-electron chi connectivity index (χ2n) is 5.67. The molecule has 18 heavy (non-hydrogen) atoms. The topological polar surface area (TPSA) is 40.5 Å². The molecule has 0 saturated heterocycles. The number of carbonyl (C=O) groups is 1. The molecule has 0 aliphatic rings. The summed E-state index contributed by atoms with van der Waals surface area (Å²) in [4.78, 5) is 13.2. The fourth-order valence-corrected chi connectivity index (χ4v) is 1.78. The van der Waals surface area contributed by atoms with Crippen molar-refractivity contribution in [1.82, 2.24) is 4.90 Å². The van der Waals surface area contributed by atoms with Crippen molar-refractivity contribution in [1.29, 1.82) is 0 Å². The number of hydrogen-bond donors (Lipinski definition) is 1. The maximum atomic E-state index is 11.0. The van der Waals surface area contributed by atoms with Crippen LogP contribution in [0.1, 0.15) is 31.4 Å². The summed E-state index contributed by atoms with van der Waals surface area (Å²) in [6.07, 6.45) is 0.657. The predicted molar refractivity (Wildman–Crippen MR) is 73.5 cm³/mol. The van der Waals surface area contributed by atoms with Crippen LogP contribution in [-0.2, 0) is 11.3 Å². The molecule has 0 unspecified atom stereocenters. The molecule has 0 aromatic heterocycles. The van der Waals surface area contributed by atoms with Crippen LogP contribution in [0.2, 0.25) is 0 Å². The van der Waals surface area contributed by atoms with Crippen molar-refractivity contribution in [2.75, 3.05) is 13.6 Å². The highest BCUT2D eigenvalue weighted by Crippen LogP contribution is 2.21. The van der Waals surface area contributed by atoms with Crippen LogP contribution >= 0.6 is 0 Å². The lowest BCUT2D eigenvalue weighted by atomic mass is 9.89. The molecule has 0 saturated carbocycles. The third kappa shape index (κ3) is 4.49. The van der Waals surface area contributed by atoms with Crippen molar-refractivity contribution in [2.24, 2.45) is 5.41 Å². The van der Waals surface area contributed by atoms with Gasteiger partial charge in [-0.2, -0.15) is 0 Å². The van der Waals surface area contributed by atoms with E-state index < -0.39 is 11.4 Å². The van der Waals surface area contributed by atoms with E-state index in [-0.39, 0.29) is 0 Å². The van der Waals surface area contributed by atoms with Gasteiger partial charge < -0.3 is 10.0 Å². The van der Waals surface area contributed by atoms with E-state index in [9.17, 15) is 4.79 Å². The highest BCUT2D eigenvalue weighted by atomic mass is 16.4. The van der Waals surface area contributed by atoms with Crippen LogP contribution in [0.3, 0.4) is 0 Å². The lowest BCUT2D eigenvalue weighted by Gasteiger charge is -2.23. The zero-order chi connectivity index (χ0) is 13.8. The monoisotopic (exact) mass is 249 g/mol. The van der Waals surface area contributed by atoms with Gasteiger partial charge in [0.2, 0.25) is 0 Å². The van der Waals surface area contributed by atoms with Crippen molar-refractivity contribution in [2.45, 2.75) is 33.7 Å². The van der Waals surface area contributed by atoms with Crippen molar-refractivity contribution in [3.63, 3.8) is 0 Å². The number of aryl methyl sites for hydroxylation is 1. The van der Waals surface area contributed by atoms with Gasteiger partial charge in [0.15, 0.2) is 0 Å². The molecule has 0 radical (unpaired) electrons. The minimum absolute atomic E-state index is 0.652. The molecule has 1 aromatic carbocycles. The largest absolute Gasteiger partial charge is 0.481 e. The van der Waals surface area contributed by atoms with Crippen molar-refractivity contribution in [3.8, 4) is 0 Å². The molecular formula is C15H23NO2. The molecule has 0 amide bonds.